The smallest absolute Gasteiger partial charge is 0.306 e. The van der Waals surface area contributed by atoms with E-state index in [1.807, 2.05) is 20.8 Å². The molecule has 0 aromatic rings. The minimum atomic E-state index is -0.677. The molecule has 1 N–H and O–H groups in total. The summed E-state index contributed by atoms with van der Waals surface area (Å²) in [7, 11) is 0. The molecule has 1 aliphatic heterocycles. The van der Waals surface area contributed by atoms with Crippen LogP contribution in [0.25, 0.3) is 0 Å². The van der Waals surface area contributed by atoms with E-state index in [4.69, 9.17) is 4.74 Å². The maximum Gasteiger partial charge on any atom is 0.306 e. The van der Waals surface area contributed by atoms with Crippen LogP contribution < -0.4 is 0 Å². The molecule has 3 unspecified atom stereocenters. The van der Waals surface area contributed by atoms with Gasteiger partial charge in [-0.05, 0) is 51.9 Å². The fourth-order valence-corrected chi connectivity index (χ4v) is 3.26. The molecular weight excluding hydrogens is 192 g/mol. The summed E-state index contributed by atoms with van der Waals surface area (Å²) in [5.41, 5.74) is -0.939. The third-order valence-electron chi connectivity index (χ3n) is 3.94. The topological polar surface area (TPSA) is 46.5 Å². The maximum atomic E-state index is 11.5. The molecule has 0 spiro atoms. The van der Waals surface area contributed by atoms with Crippen LogP contribution in [-0.2, 0) is 9.53 Å². The molecular formula is C12H20O3. The van der Waals surface area contributed by atoms with Gasteiger partial charge in [0.1, 0.15) is 5.60 Å². The van der Waals surface area contributed by atoms with Crippen molar-refractivity contribution in [3.63, 3.8) is 0 Å². The largest absolute Gasteiger partial charge is 0.459 e. The summed E-state index contributed by atoms with van der Waals surface area (Å²) >= 11 is 0. The van der Waals surface area contributed by atoms with E-state index in [1.54, 1.807) is 0 Å². The minimum absolute atomic E-state index is 0.0947. The highest BCUT2D eigenvalue weighted by Crippen LogP contribution is 2.47. The van der Waals surface area contributed by atoms with Crippen LogP contribution in [0, 0.1) is 11.8 Å². The number of fused-ring (bicyclic) bond motifs is 2. The van der Waals surface area contributed by atoms with E-state index >= 15 is 0 Å². The first-order valence-electron chi connectivity index (χ1n) is 5.74. The number of hydrogen-bond acceptors (Lipinski definition) is 3. The molecule has 2 aliphatic rings. The highest BCUT2D eigenvalue weighted by molar-refractivity contribution is 5.71. The van der Waals surface area contributed by atoms with Crippen molar-refractivity contribution in [2.24, 2.45) is 11.8 Å². The van der Waals surface area contributed by atoms with Crippen molar-refractivity contribution in [1.82, 2.24) is 0 Å². The Kier molecular flexibility index (Phi) is 2.34. The number of rotatable bonds is 1. The fourth-order valence-electron chi connectivity index (χ4n) is 3.26. The maximum absolute atomic E-state index is 11.5. The summed E-state index contributed by atoms with van der Waals surface area (Å²) in [6.45, 7) is 5.71. The zero-order chi connectivity index (χ0) is 11.3. The monoisotopic (exact) mass is 212 g/mol. The predicted octanol–water partition coefficient (Wildman–Crippen LogP) is 1.88. The van der Waals surface area contributed by atoms with Gasteiger partial charge >= 0.3 is 5.97 Å². The summed E-state index contributed by atoms with van der Waals surface area (Å²) in [5, 5.41) is 10.1. The van der Waals surface area contributed by atoms with Crippen LogP contribution in [0.1, 0.15) is 46.5 Å². The lowest BCUT2D eigenvalue weighted by Gasteiger charge is -2.49. The van der Waals surface area contributed by atoms with E-state index in [9.17, 15) is 9.90 Å². The Morgan fingerprint density at radius 2 is 2.20 bits per heavy atom. The van der Waals surface area contributed by atoms with Crippen LogP contribution in [-0.4, -0.2) is 22.3 Å². The van der Waals surface area contributed by atoms with Gasteiger partial charge in [-0.3, -0.25) is 4.79 Å². The molecule has 2 rings (SSSR count). The Balaban J connectivity index is 2.19. The van der Waals surface area contributed by atoms with Crippen molar-refractivity contribution in [2.75, 3.05) is 0 Å². The molecule has 0 aromatic carbocycles. The van der Waals surface area contributed by atoms with Crippen molar-refractivity contribution >= 4 is 5.97 Å². The Bertz CT molecular complexity index is 279. The third-order valence-corrected chi connectivity index (χ3v) is 3.94. The normalized spacial score (nSPS) is 41.2. The second-order valence-electron chi connectivity index (χ2n) is 5.89. The standard InChI is InChI=1S/C12H20O3/c1-11(2,14)9-4-5-12(3)7-8(9)6-10(13)15-12/h8-9,14H,4-7H2,1-3H3. The molecule has 1 aliphatic carbocycles. The molecule has 3 heteroatoms. The Hall–Kier alpha value is -0.570. The van der Waals surface area contributed by atoms with Crippen LogP contribution in [0.4, 0.5) is 0 Å². The average molecular weight is 212 g/mol. The lowest BCUT2D eigenvalue weighted by molar-refractivity contribution is -0.185. The summed E-state index contributed by atoms with van der Waals surface area (Å²) in [4.78, 5) is 11.5. The Morgan fingerprint density at radius 1 is 1.53 bits per heavy atom. The number of ether oxygens (including phenoxy) is 1. The van der Waals surface area contributed by atoms with Crippen LogP contribution in [0.2, 0.25) is 0 Å². The predicted molar refractivity (Wildman–Crippen MR) is 56.2 cm³/mol. The van der Waals surface area contributed by atoms with Crippen molar-refractivity contribution in [2.45, 2.75) is 57.7 Å². The molecule has 0 radical (unpaired) electrons. The van der Waals surface area contributed by atoms with Crippen molar-refractivity contribution < 1.29 is 14.6 Å². The second-order valence-corrected chi connectivity index (χ2v) is 5.89. The van der Waals surface area contributed by atoms with Crippen LogP contribution in [0.3, 0.4) is 0 Å². The SMILES string of the molecule is CC12CCC(C(C)(C)O)C(CC(=O)O1)C2. The minimum Gasteiger partial charge on any atom is -0.459 e. The van der Waals surface area contributed by atoms with Gasteiger partial charge in [-0.25, -0.2) is 0 Å². The molecule has 1 saturated heterocycles. The van der Waals surface area contributed by atoms with Gasteiger partial charge in [0.2, 0.25) is 0 Å². The van der Waals surface area contributed by atoms with E-state index in [1.165, 1.54) is 0 Å². The Morgan fingerprint density at radius 3 is 2.80 bits per heavy atom. The molecule has 1 heterocycles. The van der Waals surface area contributed by atoms with Gasteiger partial charge in [0.05, 0.1) is 5.60 Å². The number of esters is 1. The van der Waals surface area contributed by atoms with Crippen molar-refractivity contribution in [3.05, 3.63) is 0 Å². The van der Waals surface area contributed by atoms with Gasteiger partial charge in [-0.15, -0.1) is 0 Å². The molecule has 3 nitrogen and oxygen atoms in total. The van der Waals surface area contributed by atoms with Crippen LogP contribution >= 0.6 is 0 Å². The van der Waals surface area contributed by atoms with E-state index in [2.05, 4.69) is 0 Å². The molecule has 15 heavy (non-hydrogen) atoms. The molecule has 1 saturated carbocycles. The third kappa shape index (κ3) is 2.03. The van der Waals surface area contributed by atoms with Gasteiger partial charge in [-0.1, -0.05) is 0 Å². The summed E-state index contributed by atoms with van der Waals surface area (Å²) in [6, 6.07) is 0. The number of carbonyl (C=O) groups is 1. The van der Waals surface area contributed by atoms with Gasteiger partial charge in [0.15, 0.2) is 0 Å². The number of carbonyl (C=O) groups excluding carboxylic acids is 1. The Labute approximate surface area is 90.8 Å². The van der Waals surface area contributed by atoms with E-state index in [0.29, 0.717) is 12.3 Å². The number of aliphatic hydroxyl groups is 1. The van der Waals surface area contributed by atoms with E-state index < -0.39 is 5.60 Å². The second kappa shape index (κ2) is 3.21. The summed E-state index contributed by atoms with van der Waals surface area (Å²) in [6.07, 6.45) is 3.22. The van der Waals surface area contributed by atoms with Gasteiger partial charge in [0, 0.05) is 6.42 Å². The number of hydrogen-bond donors (Lipinski definition) is 1. The molecule has 0 aromatic heterocycles. The lowest BCUT2D eigenvalue weighted by Crippen LogP contribution is -2.51. The lowest BCUT2D eigenvalue weighted by atomic mass is 9.64. The first-order valence-corrected chi connectivity index (χ1v) is 5.74. The average Bonchev–Trinajstić information content (AvgIpc) is 1.97. The fraction of sp³-hybridized carbons (Fsp3) is 0.917. The highest BCUT2D eigenvalue weighted by Gasteiger charge is 2.48. The first-order chi connectivity index (χ1) is 6.80. The quantitative estimate of drug-likeness (QED) is 0.675. The van der Waals surface area contributed by atoms with Gasteiger partial charge < -0.3 is 9.84 Å². The van der Waals surface area contributed by atoms with Crippen LogP contribution in [0.5, 0.6) is 0 Å². The highest BCUT2D eigenvalue weighted by atomic mass is 16.6. The van der Waals surface area contributed by atoms with Crippen molar-refractivity contribution in [1.29, 1.82) is 0 Å². The summed E-state index contributed by atoms with van der Waals surface area (Å²) in [5.74, 6) is 0.436. The van der Waals surface area contributed by atoms with Gasteiger partial charge in [0.25, 0.3) is 0 Å². The van der Waals surface area contributed by atoms with E-state index in [-0.39, 0.29) is 17.5 Å². The first kappa shape index (κ1) is 10.9. The van der Waals surface area contributed by atoms with Crippen LogP contribution in [0.15, 0.2) is 0 Å². The molecule has 2 bridgehead atoms. The molecule has 86 valence electrons. The zero-order valence-corrected chi connectivity index (χ0v) is 9.75. The zero-order valence-electron chi connectivity index (χ0n) is 9.75. The summed E-state index contributed by atoms with van der Waals surface area (Å²) < 4.78 is 5.39. The molecule has 2 fully saturated rings. The molecule has 0 amide bonds. The van der Waals surface area contributed by atoms with Crippen molar-refractivity contribution in [3.8, 4) is 0 Å². The van der Waals surface area contributed by atoms with E-state index in [0.717, 1.165) is 19.3 Å². The molecule has 3 atom stereocenters. The van der Waals surface area contributed by atoms with Gasteiger partial charge in [-0.2, -0.15) is 0 Å².